The lowest BCUT2D eigenvalue weighted by Crippen LogP contribution is -2.36. The van der Waals surface area contributed by atoms with Gasteiger partial charge in [-0.15, -0.1) is 0 Å². The summed E-state index contributed by atoms with van der Waals surface area (Å²) >= 11 is 16.3. The first kappa shape index (κ1) is 19.3. The third kappa shape index (κ3) is 7.40. The Bertz CT molecular complexity index is 586. The Hall–Kier alpha value is -1.70. The molecular formula is C13H12Cl3N2O5. The van der Waals surface area contributed by atoms with Crippen LogP contribution in [0, 0.1) is 0 Å². The van der Waals surface area contributed by atoms with Gasteiger partial charge in [-0.05, 0) is 17.7 Å². The SMILES string of the molecule is CC(=O)Oc1ccc(C(NC(=O)OCC(Cl)(Cl)Cl)C([NH])=O)cc1. The standard InChI is InChI=1S/C13H12Cl3N2O5/c1-7(19)23-9-4-2-8(3-5-9)10(11(17)20)18-12(21)22-6-13(14,15)16/h2-5,10,17H,6H2,1H3,(H,18,21). The van der Waals surface area contributed by atoms with Crippen LogP contribution in [0.3, 0.4) is 0 Å². The maximum atomic E-state index is 11.6. The molecule has 2 amide bonds. The number of esters is 1. The van der Waals surface area contributed by atoms with Gasteiger partial charge >= 0.3 is 12.1 Å². The molecule has 1 radical (unpaired) electrons. The van der Waals surface area contributed by atoms with Crippen LogP contribution in [0.15, 0.2) is 24.3 Å². The molecular weight excluding hydrogens is 371 g/mol. The van der Waals surface area contributed by atoms with E-state index < -0.39 is 34.4 Å². The second kappa shape index (κ2) is 8.24. The fraction of sp³-hybridized carbons (Fsp3) is 0.308. The van der Waals surface area contributed by atoms with Crippen LogP contribution < -0.4 is 15.8 Å². The van der Waals surface area contributed by atoms with Gasteiger partial charge in [0.25, 0.3) is 5.91 Å². The summed E-state index contributed by atoms with van der Waals surface area (Å²) in [4.78, 5) is 33.8. The van der Waals surface area contributed by atoms with Gasteiger partial charge in [0.15, 0.2) is 0 Å². The molecule has 23 heavy (non-hydrogen) atoms. The van der Waals surface area contributed by atoms with Crippen LogP contribution in [0.1, 0.15) is 18.5 Å². The van der Waals surface area contributed by atoms with Gasteiger partial charge in [-0.2, -0.15) is 0 Å². The van der Waals surface area contributed by atoms with E-state index in [0.717, 1.165) is 0 Å². The van der Waals surface area contributed by atoms with E-state index in [1.807, 2.05) is 0 Å². The van der Waals surface area contributed by atoms with Crippen molar-refractivity contribution in [2.75, 3.05) is 6.61 Å². The van der Waals surface area contributed by atoms with Gasteiger partial charge in [0.1, 0.15) is 18.4 Å². The number of ether oxygens (including phenoxy) is 2. The highest BCUT2D eigenvalue weighted by Gasteiger charge is 2.25. The number of alkyl carbamates (subject to hydrolysis) is 1. The molecule has 1 unspecified atom stereocenters. The summed E-state index contributed by atoms with van der Waals surface area (Å²) in [7, 11) is 0. The summed E-state index contributed by atoms with van der Waals surface area (Å²) in [6.07, 6.45) is -1.02. The number of benzene rings is 1. The first-order valence-electron chi connectivity index (χ1n) is 6.12. The molecule has 0 aliphatic carbocycles. The summed E-state index contributed by atoms with van der Waals surface area (Å²) < 4.78 is 7.69. The molecule has 7 nitrogen and oxygen atoms in total. The fourth-order valence-electron chi connectivity index (χ4n) is 1.50. The lowest BCUT2D eigenvalue weighted by Gasteiger charge is -2.17. The van der Waals surface area contributed by atoms with Crippen LogP contribution in [0.4, 0.5) is 4.79 Å². The number of nitrogens with one attached hydrogen (secondary N) is 2. The maximum absolute atomic E-state index is 11.6. The lowest BCUT2D eigenvalue weighted by atomic mass is 10.1. The van der Waals surface area contributed by atoms with Crippen LogP contribution in [0.5, 0.6) is 5.75 Å². The molecule has 1 rings (SSSR count). The molecule has 1 aromatic rings. The molecule has 0 heterocycles. The highest BCUT2D eigenvalue weighted by atomic mass is 35.6. The van der Waals surface area contributed by atoms with E-state index in [1.54, 1.807) is 0 Å². The van der Waals surface area contributed by atoms with E-state index >= 15 is 0 Å². The second-order valence-electron chi connectivity index (χ2n) is 4.30. The Labute approximate surface area is 146 Å². The van der Waals surface area contributed by atoms with Crippen LogP contribution in [-0.4, -0.2) is 28.4 Å². The van der Waals surface area contributed by atoms with Gasteiger partial charge in [-0.25, -0.2) is 4.79 Å². The van der Waals surface area contributed by atoms with Crippen LogP contribution in [0.25, 0.3) is 0 Å². The lowest BCUT2D eigenvalue weighted by molar-refractivity contribution is -0.131. The van der Waals surface area contributed by atoms with E-state index in [9.17, 15) is 14.4 Å². The zero-order valence-electron chi connectivity index (χ0n) is 11.8. The molecule has 0 saturated heterocycles. The van der Waals surface area contributed by atoms with Crippen LogP contribution in [0.2, 0.25) is 0 Å². The van der Waals surface area contributed by atoms with Crippen molar-refractivity contribution in [3.05, 3.63) is 29.8 Å². The summed E-state index contributed by atoms with van der Waals surface area (Å²) in [5.41, 5.74) is 7.51. The zero-order valence-corrected chi connectivity index (χ0v) is 14.0. The van der Waals surface area contributed by atoms with Gasteiger partial charge in [0, 0.05) is 6.92 Å². The maximum Gasteiger partial charge on any atom is 0.408 e. The van der Waals surface area contributed by atoms with E-state index in [1.165, 1.54) is 31.2 Å². The van der Waals surface area contributed by atoms with E-state index in [4.69, 9.17) is 45.3 Å². The first-order valence-corrected chi connectivity index (χ1v) is 7.26. The summed E-state index contributed by atoms with van der Waals surface area (Å²) in [5.74, 6) is -1.31. The van der Waals surface area contributed by atoms with E-state index in [-0.39, 0.29) is 5.75 Å². The topological polar surface area (TPSA) is 106 Å². The van der Waals surface area contributed by atoms with Crippen molar-refractivity contribution in [3.8, 4) is 5.75 Å². The molecule has 1 aromatic carbocycles. The third-order valence-electron chi connectivity index (χ3n) is 2.37. The molecule has 0 aliphatic rings. The van der Waals surface area contributed by atoms with Gasteiger partial charge in [0.05, 0.1) is 0 Å². The van der Waals surface area contributed by atoms with Crippen molar-refractivity contribution >= 4 is 52.8 Å². The number of hydrogen-bond donors (Lipinski definition) is 1. The minimum Gasteiger partial charge on any atom is -0.445 e. The van der Waals surface area contributed by atoms with Gasteiger partial charge in [-0.1, -0.05) is 46.9 Å². The molecule has 2 N–H and O–H groups in total. The first-order chi connectivity index (χ1) is 10.6. The van der Waals surface area contributed by atoms with Crippen molar-refractivity contribution in [3.63, 3.8) is 0 Å². The van der Waals surface area contributed by atoms with Gasteiger partial charge < -0.3 is 14.8 Å². The normalized spacial score (nSPS) is 12.2. The highest BCUT2D eigenvalue weighted by molar-refractivity contribution is 6.67. The van der Waals surface area contributed by atoms with Crippen molar-refractivity contribution in [2.24, 2.45) is 0 Å². The number of halogens is 3. The minimum absolute atomic E-state index is 0.260. The quantitative estimate of drug-likeness (QED) is 0.478. The Morgan fingerprint density at radius 2 is 1.78 bits per heavy atom. The number of alkyl halides is 3. The molecule has 0 bridgehead atoms. The number of rotatable bonds is 5. The fourth-order valence-corrected chi connectivity index (χ4v) is 1.67. The number of hydrogen-bond acceptors (Lipinski definition) is 5. The highest BCUT2D eigenvalue weighted by Crippen LogP contribution is 2.26. The molecule has 125 valence electrons. The molecule has 1 atom stereocenters. The molecule has 0 saturated carbocycles. The molecule has 10 heteroatoms. The van der Waals surface area contributed by atoms with E-state index in [0.29, 0.717) is 5.56 Å². The molecule has 0 aromatic heterocycles. The Balaban J connectivity index is 2.76. The van der Waals surface area contributed by atoms with Crippen LogP contribution in [-0.2, 0) is 14.3 Å². The summed E-state index contributed by atoms with van der Waals surface area (Å²) in [6.45, 7) is 0.722. The second-order valence-corrected chi connectivity index (χ2v) is 6.81. The minimum atomic E-state index is -1.79. The summed E-state index contributed by atoms with van der Waals surface area (Å²) in [5, 5.41) is 2.18. The van der Waals surface area contributed by atoms with Crippen molar-refractivity contribution in [2.45, 2.75) is 16.8 Å². The Kier molecular flexibility index (Phi) is 6.93. The third-order valence-corrected chi connectivity index (χ3v) is 2.69. The van der Waals surface area contributed by atoms with Gasteiger partial charge in [-0.3, -0.25) is 15.3 Å². The monoisotopic (exact) mass is 381 g/mol. The van der Waals surface area contributed by atoms with Crippen molar-refractivity contribution in [1.82, 2.24) is 11.1 Å². The Morgan fingerprint density at radius 1 is 1.22 bits per heavy atom. The average Bonchev–Trinajstić information content (AvgIpc) is 2.42. The molecule has 0 fully saturated rings. The molecule has 0 aliphatic heterocycles. The van der Waals surface area contributed by atoms with Crippen LogP contribution >= 0.6 is 34.8 Å². The summed E-state index contributed by atoms with van der Waals surface area (Å²) in [6, 6.07) is 4.40. The number of amides is 2. The van der Waals surface area contributed by atoms with E-state index in [2.05, 4.69) is 10.1 Å². The number of carbonyl (C=O) groups is 3. The predicted octanol–water partition coefficient (Wildman–Crippen LogP) is 2.56. The molecule has 0 spiro atoms. The number of carbonyl (C=O) groups excluding carboxylic acids is 3. The smallest absolute Gasteiger partial charge is 0.408 e. The predicted molar refractivity (Wildman–Crippen MR) is 83.4 cm³/mol. The zero-order chi connectivity index (χ0) is 17.6. The van der Waals surface area contributed by atoms with Crippen molar-refractivity contribution in [1.29, 1.82) is 0 Å². The van der Waals surface area contributed by atoms with Gasteiger partial charge in [0.2, 0.25) is 3.79 Å². The Morgan fingerprint density at radius 3 is 2.22 bits per heavy atom. The average molecular weight is 383 g/mol. The largest absolute Gasteiger partial charge is 0.445 e. The van der Waals surface area contributed by atoms with Crippen molar-refractivity contribution < 1.29 is 23.9 Å².